The maximum absolute atomic E-state index is 12.0. The third-order valence-electron chi connectivity index (χ3n) is 3.11. The topological polar surface area (TPSA) is 67.4 Å². The molecular weight excluding hydrogens is 280 g/mol. The molecule has 2 amide bonds. The van der Waals surface area contributed by atoms with E-state index in [4.69, 9.17) is 4.74 Å². The van der Waals surface area contributed by atoms with Gasteiger partial charge in [0.05, 0.1) is 12.2 Å². The van der Waals surface area contributed by atoms with Crippen LogP contribution >= 0.6 is 0 Å². The van der Waals surface area contributed by atoms with Crippen molar-refractivity contribution in [2.75, 3.05) is 17.2 Å². The quantitative estimate of drug-likeness (QED) is 0.843. The smallest absolute Gasteiger partial charge is 0.338 e. The molecule has 0 fully saturated rings. The second-order valence-corrected chi connectivity index (χ2v) is 4.64. The molecule has 0 radical (unpaired) electrons. The highest BCUT2D eigenvalue weighted by atomic mass is 16.5. The Bertz CT molecular complexity index is 669. The van der Waals surface area contributed by atoms with Crippen molar-refractivity contribution in [3.8, 4) is 0 Å². The number of esters is 1. The summed E-state index contributed by atoms with van der Waals surface area (Å²) in [5.74, 6) is -0.396. The highest BCUT2D eigenvalue weighted by molar-refractivity contribution is 6.01. The Labute approximate surface area is 129 Å². The number of anilines is 2. The van der Waals surface area contributed by atoms with E-state index in [1.165, 1.54) is 0 Å². The Balaban J connectivity index is 2.11. The normalized spacial score (nSPS) is 9.91. The minimum Gasteiger partial charge on any atom is -0.462 e. The zero-order chi connectivity index (χ0) is 15.9. The number of rotatable bonds is 4. The molecule has 0 saturated carbocycles. The molecule has 5 heteroatoms. The van der Waals surface area contributed by atoms with Gasteiger partial charge in [-0.05, 0) is 43.7 Å². The zero-order valence-electron chi connectivity index (χ0n) is 12.6. The summed E-state index contributed by atoms with van der Waals surface area (Å²) < 4.78 is 5.00. The van der Waals surface area contributed by atoms with Crippen LogP contribution < -0.4 is 10.6 Å². The molecule has 2 aromatic carbocycles. The van der Waals surface area contributed by atoms with Crippen molar-refractivity contribution in [3.63, 3.8) is 0 Å². The van der Waals surface area contributed by atoms with Gasteiger partial charge in [-0.1, -0.05) is 24.3 Å². The average molecular weight is 298 g/mol. The molecule has 0 aromatic heterocycles. The molecule has 114 valence electrons. The predicted molar refractivity (Wildman–Crippen MR) is 86.2 cm³/mol. The number of nitrogens with one attached hydrogen (secondary N) is 2. The van der Waals surface area contributed by atoms with E-state index in [9.17, 15) is 9.59 Å². The predicted octanol–water partition coefficient (Wildman–Crippen LogP) is 3.82. The van der Waals surface area contributed by atoms with Crippen molar-refractivity contribution in [2.24, 2.45) is 0 Å². The Morgan fingerprint density at radius 3 is 2.41 bits per heavy atom. The van der Waals surface area contributed by atoms with Gasteiger partial charge in [-0.15, -0.1) is 0 Å². The van der Waals surface area contributed by atoms with Crippen molar-refractivity contribution in [3.05, 3.63) is 59.7 Å². The monoisotopic (exact) mass is 298 g/mol. The molecule has 0 bridgehead atoms. The van der Waals surface area contributed by atoms with Gasteiger partial charge in [-0.2, -0.15) is 0 Å². The van der Waals surface area contributed by atoms with Gasteiger partial charge in [0, 0.05) is 11.4 Å². The van der Waals surface area contributed by atoms with E-state index in [-0.39, 0.29) is 6.03 Å². The third kappa shape index (κ3) is 3.85. The van der Waals surface area contributed by atoms with Crippen molar-refractivity contribution in [1.29, 1.82) is 0 Å². The lowest BCUT2D eigenvalue weighted by molar-refractivity contribution is 0.0525. The van der Waals surface area contributed by atoms with E-state index in [0.717, 1.165) is 0 Å². The summed E-state index contributed by atoms with van der Waals surface area (Å²) in [5, 5.41) is 5.46. The van der Waals surface area contributed by atoms with Crippen LogP contribution in [-0.2, 0) is 4.74 Å². The van der Waals surface area contributed by atoms with Crippen LogP contribution in [0.25, 0.3) is 0 Å². The molecule has 22 heavy (non-hydrogen) atoms. The molecule has 0 heterocycles. The largest absolute Gasteiger partial charge is 0.462 e. The number of carbonyl (C=O) groups is 2. The summed E-state index contributed by atoms with van der Waals surface area (Å²) >= 11 is 0. The molecule has 5 nitrogen and oxygen atoms in total. The van der Waals surface area contributed by atoms with Crippen LogP contribution in [-0.4, -0.2) is 18.6 Å². The zero-order valence-corrected chi connectivity index (χ0v) is 12.6. The summed E-state index contributed by atoms with van der Waals surface area (Å²) in [6, 6.07) is 13.9. The van der Waals surface area contributed by atoms with Gasteiger partial charge in [0.25, 0.3) is 0 Å². The number of para-hydroxylation sites is 1. The Morgan fingerprint density at radius 2 is 1.73 bits per heavy atom. The first kappa shape index (κ1) is 15.6. The summed E-state index contributed by atoms with van der Waals surface area (Å²) in [7, 11) is 0. The van der Waals surface area contributed by atoms with Crippen LogP contribution in [0.4, 0.5) is 16.2 Å². The third-order valence-corrected chi connectivity index (χ3v) is 3.11. The first-order chi connectivity index (χ1) is 10.6. The highest BCUT2D eigenvalue weighted by Gasteiger charge is 2.13. The van der Waals surface area contributed by atoms with Gasteiger partial charge in [-0.3, -0.25) is 0 Å². The van der Waals surface area contributed by atoms with E-state index >= 15 is 0 Å². The van der Waals surface area contributed by atoms with Gasteiger partial charge < -0.3 is 15.4 Å². The molecule has 2 aromatic rings. The van der Waals surface area contributed by atoms with Crippen LogP contribution in [0.1, 0.15) is 22.8 Å². The fraction of sp³-hybridized carbons (Fsp3) is 0.176. The lowest BCUT2D eigenvalue weighted by Crippen LogP contribution is -2.20. The van der Waals surface area contributed by atoms with Gasteiger partial charge in [-0.25, -0.2) is 9.59 Å². The van der Waals surface area contributed by atoms with E-state index in [1.54, 1.807) is 44.2 Å². The van der Waals surface area contributed by atoms with Crippen molar-refractivity contribution < 1.29 is 14.3 Å². The number of ether oxygens (including phenoxy) is 1. The lowest BCUT2D eigenvalue weighted by Gasteiger charge is -2.12. The highest BCUT2D eigenvalue weighted by Crippen LogP contribution is 2.20. The van der Waals surface area contributed by atoms with Gasteiger partial charge in [0.1, 0.15) is 0 Å². The number of hydrogen-bond acceptors (Lipinski definition) is 3. The van der Waals surface area contributed by atoms with E-state index in [2.05, 4.69) is 10.6 Å². The number of urea groups is 1. The van der Waals surface area contributed by atoms with Gasteiger partial charge in [0.15, 0.2) is 0 Å². The second kappa shape index (κ2) is 7.26. The summed E-state index contributed by atoms with van der Waals surface area (Å²) in [6.07, 6.45) is 0. The molecular formula is C17H18N2O3. The second-order valence-electron chi connectivity index (χ2n) is 4.64. The molecule has 0 aliphatic heterocycles. The molecule has 0 aliphatic rings. The fourth-order valence-electron chi connectivity index (χ4n) is 2.01. The van der Waals surface area contributed by atoms with Crippen LogP contribution in [0.5, 0.6) is 0 Å². The molecule has 0 saturated heterocycles. The molecule has 2 rings (SSSR count). The maximum atomic E-state index is 12.0. The fourth-order valence-corrected chi connectivity index (χ4v) is 2.01. The van der Waals surface area contributed by atoms with Crippen molar-refractivity contribution >= 4 is 23.4 Å². The summed E-state index contributed by atoms with van der Waals surface area (Å²) in [6.45, 7) is 3.83. The number of benzene rings is 2. The minimum atomic E-state index is -0.396. The van der Waals surface area contributed by atoms with E-state index in [1.807, 2.05) is 18.2 Å². The van der Waals surface area contributed by atoms with Gasteiger partial charge in [0.2, 0.25) is 0 Å². The summed E-state index contributed by atoms with van der Waals surface area (Å²) in [4.78, 5) is 23.8. The number of hydrogen-bond donors (Lipinski definition) is 2. The minimum absolute atomic E-state index is 0.310. The van der Waals surface area contributed by atoms with Crippen LogP contribution in [0.2, 0.25) is 0 Å². The van der Waals surface area contributed by atoms with Crippen LogP contribution in [0, 0.1) is 6.92 Å². The molecule has 0 atom stereocenters. The van der Waals surface area contributed by atoms with E-state index in [0.29, 0.717) is 29.1 Å². The Morgan fingerprint density at radius 1 is 1.00 bits per heavy atom. The molecule has 0 spiro atoms. The van der Waals surface area contributed by atoms with Crippen LogP contribution in [0.3, 0.4) is 0 Å². The van der Waals surface area contributed by atoms with Gasteiger partial charge >= 0.3 is 12.0 Å². The van der Waals surface area contributed by atoms with Crippen molar-refractivity contribution in [1.82, 2.24) is 0 Å². The number of carbonyl (C=O) groups excluding carboxylic acids is 2. The number of amides is 2. The molecule has 0 aliphatic carbocycles. The average Bonchev–Trinajstić information content (AvgIpc) is 2.50. The molecule has 2 N–H and O–H groups in total. The first-order valence-electron chi connectivity index (χ1n) is 7.01. The van der Waals surface area contributed by atoms with Crippen LogP contribution in [0.15, 0.2) is 48.5 Å². The Kier molecular flexibility index (Phi) is 5.14. The SMILES string of the molecule is CCOC(=O)c1cccc(NC(=O)Nc2ccccc2)c1C. The standard InChI is InChI=1S/C17H18N2O3/c1-3-22-16(20)14-10-7-11-15(12(14)2)19-17(21)18-13-8-5-4-6-9-13/h4-11H,3H2,1-2H3,(H2,18,19,21). The first-order valence-corrected chi connectivity index (χ1v) is 7.01. The molecule has 0 unspecified atom stereocenters. The Hall–Kier alpha value is -2.82. The van der Waals surface area contributed by atoms with Crippen molar-refractivity contribution in [2.45, 2.75) is 13.8 Å². The summed E-state index contributed by atoms with van der Waals surface area (Å²) in [5.41, 5.74) is 2.38. The maximum Gasteiger partial charge on any atom is 0.338 e. The lowest BCUT2D eigenvalue weighted by atomic mass is 10.1. The van der Waals surface area contributed by atoms with E-state index < -0.39 is 5.97 Å².